The first-order valence-electron chi connectivity index (χ1n) is 8.32. The number of para-hydroxylation sites is 2. The molecule has 128 valence electrons. The zero-order chi connectivity index (χ0) is 17.6. The number of nitrogens with zero attached hydrogens (tertiary/aromatic N) is 3. The molecule has 1 aromatic heterocycles. The van der Waals surface area contributed by atoms with Crippen molar-refractivity contribution in [2.24, 2.45) is 0 Å². The number of amides is 1. The van der Waals surface area contributed by atoms with Crippen LogP contribution in [-0.4, -0.2) is 35.3 Å². The summed E-state index contributed by atoms with van der Waals surface area (Å²) in [7, 11) is 2.03. The normalized spacial score (nSPS) is 11.8. The molecule has 0 saturated carbocycles. The molecular weight excluding hydrogens is 312 g/mol. The monoisotopic (exact) mass is 334 g/mol. The fourth-order valence-electron chi connectivity index (χ4n) is 2.67. The predicted octanol–water partition coefficient (Wildman–Crippen LogP) is 3.13. The van der Waals surface area contributed by atoms with E-state index in [2.05, 4.69) is 34.4 Å². The largest absolute Gasteiger partial charge is 0.370 e. The zero-order valence-electron chi connectivity index (χ0n) is 14.5. The van der Waals surface area contributed by atoms with Crippen molar-refractivity contribution in [2.45, 2.75) is 13.0 Å². The molecule has 1 amide bonds. The number of rotatable bonds is 6. The van der Waals surface area contributed by atoms with E-state index in [0.29, 0.717) is 12.1 Å². The lowest BCUT2D eigenvalue weighted by Crippen LogP contribution is -2.40. The highest BCUT2D eigenvalue weighted by atomic mass is 16.1. The van der Waals surface area contributed by atoms with Gasteiger partial charge in [0.15, 0.2) is 0 Å². The summed E-state index contributed by atoms with van der Waals surface area (Å²) in [6, 6.07) is 19.6. The Morgan fingerprint density at radius 1 is 1.12 bits per heavy atom. The Bertz CT molecular complexity index is 815. The lowest BCUT2D eigenvalue weighted by Gasteiger charge is -2.27. The molecule has 25 heavy (non-hydrogen) atoms. The number of hydrogen-bond acceptors (Lipinski definition) is 3. The van der Waals surface area contributed by atoms with Gasteiger partial charge in [0.05, 0.1) is 11.3 Å². The number of likely N-dealkylation sites (N-methyl/N-ethyl adjacent to an activating group) is 1. The second-order valence-electron chi connectivity index (χ2n) is 5.97. The lowest BCUT2D eigenvalue weighted by molar-refractivity contribution is 0.0951. The molecule has 0 fully saturated rings. The van der Waals surface area contributed by atoms with E-state index in [1.165, 1.54) is 0 Å². The minimum Gasteiger partial charge on any atom is -0.370 e. The van der Waals surface area contributed by atoms with Gasteiger partial charge in [0.2, 0.25) is 0 Å². The highest BCUT2D eigenvalue weighted by Gasteiger charge is 2.15. The van der Waals surface area contributed by atoms with Crippen molar-refractivity contribution in [1.82, 2.24) is 15.1 Å². The fourth-order valence-corrected chi connectivity index (χ4v) is 2.67. The highest BCUT2D eigenvalue weighted by Crippen LogP contribution is 2.15. The molecule has 1 unspecified atom stereocenters. The summed E-state index contributed by atoms with van der Waals surface area (Å²) in [5.74, 6) is -0.0978. The molecule has 5 heteroatoms. The Morgan fingerprint density at radius 2 is 1.84 bits per heavy atom. The Kier molecular flexibility index (Phi) is 5.14. The summed E-state index contributed by atoms with van der Waals surface area (Å²) >= 11 is 0. The molecule has 0 saturated heterocycles. The van der Waals surface area contributed by atoms with Crippen LogP contribution in [0.4, 0.5) is 5.69 Å². The van der Waals surface area contributed by atoms with Gasteiger partial charge in [-0.25, -0.2) is 4.68 Å². The summed E-state index contributed by atoms with van der Waals surface area (Å²) in [4.78, 5) is 14.8. The first-order valence-corrected chi connectivity index (χ1v) is 8.32. The van der Waals surface area contributed by atoms with Crippen molar-refractivity contribution in [3.8, 4) is 5.69 Å². The number of hydrogen-bond donors (Lipinski definition) is 1. The molecule has 0 radical (unpaired) electrons. The quantitative estimate of drug-likeness (QED) is 0.753. The average Bonchev–Trinajstić information content (AvgIpc) is 3.20. The Morgan fingerprint density at radius 3 is 2.56 bits per heavy atom. The van der Waals surface area contributed by atoms with Crippen LogP contribution in [0.1, 0.15) is 17.3 Å². The molecule has 0 aliphatic carbocycles. The minimum absolute atomic E-state index is 0.0978. The van der Waals surface area contributed by atoms with Crippen molar-refractivity contribution >= 4 is 11.6 Å². The molecule has 5 nitrogen and oxygen atoms in total. The summed E-state index contributed by atoms with van der Waals surface area (Å²) in [5, 5.41) is 7.25. The maximum Gasteiger partial charge on any atom is 0.253 e. The molecule has 0 bridgehead atoms. The first kappa shape index (κ1) is 16.8. The van der Waals surface area contributed by atoms with Gasteiger partial charge in [0.1, 0.15) is 0 Å². The van der Waals surface area contributed by atoms with Crippen molar-refractivity contribution in [1.29, 1.82) is 0 Å². The fraction of sp³-hybridized carbons (Fsp3) is 0.200. The summed E-state index contributed by atoms with van der Waals surface area (Å²) in [6.07, 6.45) is 3.53. The lowest BCUT2D eigenvalue weighted by atomic mass is 10.1. The third kappa shape index (κ3) is 3.88. The first-order chi connectivity index (χ1) is 12.2. The van der Waals surface area contributed by atoms with Crippen LogP contribution in [0.3, 0.4) is 0 Å². The molecule has 3 rings (SSSR count). The van der Waals surface area contributed by atoms with Crippen molar-refractivity contribution in [2.75, 3.05) is 18.5 Å². The van der Waals surface area contributed by atoms with Crippen LogP contribution in [0.25, 0.3) is 5.69 Å². The Labute approximate surface area is 147 Å². The van der Waals surface area contributed by atoms with E-state index in [-0.39, 0.29) is 11.9 Å². The van der Waals surface area contributed by atoms with Gasteiger partial charge in [-0.05, 0) is 37.3 Å². The third-order valence-electron chi connectivity index (χ3n) is 4.28. The van der Waals surface area contributed by atoms with E-state index in [1.54, 1.807) is 10.9 Å². The van der Waals surface area contributed by atoms with Crippen LogP contribution in [0.2, 0.25) is 0 Å². The van der Waals surface area contributed by atoms with Crippen LogP contribution >= 0.6 is 0 Å². The van der Waals surface area contributed by atoms with E-state index in [1.807, 2.05) is 61.8 Å². The topological polar surface area (TPSA) is 50.2 Å². The molecule has 0 aliphatic rings. The third-order valence-corrected chi connectivity index (χ3v) is 4.28. The maximum atomic E-state index is 12.7. The smallest absolute Gasteiger partial charge is 0.253 e. The van der Waals surface area contributed by atoms with E-state index in [9.17, 15) is 4.79 Å². The molecule has 0 spiro atoms. The summed E-state index contributed by atoms with van der Waals surface area (Å²) < 4.78 is 1.70. The van der Waals surface area contributed by atoms with E-state index in [4.69, 9.17) is 0 Å². The standard InChI is InChI=1S/C20H22N4O/c1-16(23(2)17-9-4-3-5-10-17)15-21-20(25)18-11-6-7-12-19(18)24-14-8-13-22-24/h3-14,16H,15H2,1-2H3,(H,21,25). The predicted molar refractivity (Wildman–Crippen MR) is 100 cm³/mol. The number of carbonyl (C=O) groups excluding carboxylic acids is 1. The zero-order valence-corrected chi connectivity index (χ0v) is 14.5. The number of anilines is 1. The van der Waals surface area contributed by atoms with E-state index in [0.717, 1.165) is 11.4 Å². The van der Waals surface area contributed by atoms with Gasteiger partial charge in [-0.3, -0.25) is 4.79 Å². The van der Waals surface area contributed by atoms with Crippen molar-refractivity contribution in [3.05, 3.63) is 78.6 Å². The van der Waals surface area contributed by atoms with Gasteiger partial charge in [-0.1, -0.05) is 30.3 Å². The molecule has 1 heterocycles. The number of aromatic nitrogens is 2. The summed E-state index contributed by atoms with van der Waals surface area (Å²) in [5.41, 5.74) is 2.51. The highest BCUT2D eigenvalue weighted by molar-refractivity contribution is 5.97. The van der Waals surface area contributed by atoms with Crippen LogP contribution in [0, 0.1) is 0 Å². The van der Waals surface area contributed by atoms with E-state index >= 15 is 0 Å². The van der Waals surface area contributed by atoms with Crippen LogP contribution in [-0.2, 0) is 0 Å². The molecule has 2 aromatic carbocycles. The molecule has 0 aliphatic heterocycles. The second kappa shape index (κ2) is 7.66. The minimum atomic E-state index is -0.0978. The Balaban J connectivity index is 1.67. The van der Waals surface area contributed by atoms with Gasteiger partial charge >= 0.3 is 0 Å². The Hall–Kier alpha value is -3.08. The van der Waals surface area contributed by atoms with Gasteiger partial charge in [-0.15, -0.1) is 0 Å². The summed E-state index contributed by atoms with van der Waals surface area (Å²) in [6.45, 7) is 2.64. The average molecular weight is 334 g/mol. The van der Waals surface area contributed by atoms with Crippen LogP contribution in [0.5, 0.6) is 0 Å². The van der Waals surface area contributed by atoms with Gasteiger partial charge < -0.3 is 10.2 Å². The van der Waals surface area contributed by atoms with Gasteiger partial charge in [0, 0.05) is 37.7 Å². The van der Waals surface area contributed by atoms with E-state index < -0.39 is 0 Å². The molecular formula is C20H22N4O. The maximum absolute atomic E-state index is 12.7. The molecule has 1 atom stereocenters. The van der Waals surface area contributed by atoms with Gasteiger partial charge in [0.25, 0.3) is 5.91 Å². The number of benzene rings is 2. The number of nitrogens with one attached hydrogen (secondary N) is 1. The van der Waals surface area contributed by atoms with Crippen LogP contribution in [0.15, 0.2) is 73.1 Å². The van der Waals surface area contributed by atoms with Crippen molar-refractivity contribution in [3.63, 3.8) is 0 Å². The van der Waals surface area contributed by atoms with Crippen molar-refractivity contribution < 1.29 is 4.79 Å². The molecule has 1 N–H and O–H groups in total. The number of carbonyl (C=O) groups is 1. The molecule has 3 aromatic rings. The van der Waals surface area contributed by atoms with Crippen LogP contribution < -0.4 is 10.2 Å². The van der Waals surface area contributed by atoms with Gasteiger partial charge in [-0.2, -0.15) is 5.10 Å². The second-order valence-corrected chi connectivity index (χ2v) is 5.97. The SMILES string of the molecule is CC(CNC(=O)c1ccccc1-n1cccn1)N(C)c1ccccc1.